The molecule has 0 aromatic carbocycles. The molecule has 2 heterocycles. The van der Waals surface area contributed by atoms with Crippen LogP contribution >= 0.6 is 11.3 Å². The second kappa shape index (κ2) is 4.28. The van der Waals surface area contributed by atoms with Gasteiger partial charge in [-0.25, -0.2) is 8.42 Å². The van der Waals surface area contributed by atoms with Gasteiger partial charge in [0.25, 0.3) is 10.0 Å². The molecule has 0 radical (unpaired) electrons. The highest BCUT2D eigenvalue weighted by molar-refractivity contribution is 7.91. The number of rotatable bonds is 3. The largest absolute Gasteiger partial charge is 0.377 e. The summed E-state index contributed by atoms with van der Waals surface area (Å²) in [5.41, 5.74) is -0.111. The topological polar surface area (TPSA) is 46.6 Å². The SMILES string of the molecule is CN([C@@H]1[C@@H]2CCO[C@@H]2C1(C)C)S(=O)(=O)c1cccs1. The van der Waals surface area contributed by atoms with Gasteiger partial charge in [-0.2, -0.15) is 4.31 Å². The predicted molar refractivity (Wildman–Crippen MR) is 74.7 cm³/mol. The zero-order valence-electron chi connectivity index (χ0n) is 11.4. The van der Waals surface area contributed by atoms with Crippen molar-refractivity contribution in [2.24, 2.45) is 11.3 Å². The maximum absolute atomic E-state index is 12.6. The predicted octanol–water partition coefficient (Wildman–Crippen LogP) is 2.18. The minimum Gasteiger partial charge on any atom is -0.377 e. The van der Waals surface area contributed by atoms with E-state index in [1.54, 1.807) is 28.9 Å². The maximum Gasteiger partial charge on any atom is 0.252 e. The van der Waals surface area contributed by atoms with E-state index in [0.717, 1.165) is 13.0 Å². The van der Waals surface area contributed by atoms with Crippen LogP contribution in [0.5, 0.6) is 0 Å². The standard InChI is InChI=1S/C13H19NO3S2/c1-13(2)11(9-6-7-17-12(9)13)14(3)19(15,16)10-5-4-8-18-10/h4-5,8-9,11-12H,6-7H2,1-3H3/t9-,11+,12-/m0/s1. The molecule has 3 atom stereocenters. The Morgan fingerprint density at radius 3 is 2.84 bits per heavy atom. The second-order valence-electron chi connectivity index (χ2n) is 5.96. The molecule has 1 aromatic rings. The smallest absolute Gasteiger partial charge is 0.252 e. The van der Waals surface area contributed by atoms with E-state index in [9.17, 15) is 8.42 Å². The lowest BCUT2D eigenvalue weighted by molar-refractivity contribution is -0.131. The molecule has 1 saturated heterocycles. The van der Waals surface area contributed by atoms with Crippen LogP contribution in [0.2, 0.25) is 0 Å². The first-order valence-corrected chi connectivity index (χ1v) is 8.82. The zero-order valence-corrected chi connectivity index (χ0v) is 13.0. The van der Waals surface area contributed by atoms with Crippen LogP contribution < -0.4 is 0 Å². The Morgan fingerprint density at radius 2 is 2.21 bits per heavy atom. The van der Waals surface area contributed by atoms with Crippen molar-refractivity contribution >= 4 is 21.4 Å². The van der Waals surface area contributed by atoms with E-state index in [1.807, 2.05) is 0 Å². The number of ether oxygens (including phenoxy) is 1. The van der Waals surface area contributed by atoms with Crippen molar-refractivity contribution in [2.45, 2.75) is 36.6 Å². The van der Waals surface area contributed by atoms with Crippen LogP contribution in [0, 0.1) is 11.3 Å². The number of hydrogen-bond acceptors (Lipinski definition) is 4. The first kappa shape index (κ1) is 13.5. The molecule has 0 bridgehead atoms. The Kier molecular flexibility index (Phi) is 3.05. The van der Waals surface area contributed by atoms with Gasteiger partial charge in [0, 0.05) is 31.0 Å². The minimum atomic E-state index is -3.37. The van der Waals surface area contributed by atoms with Crippen LogP contribution in [-0.4, -0.2) is 38.5 Å². The lowest BCUT2D eigenvalue weighted by Crippen LogP contribution is -2.66. The third-order valence-corrected chi connectivity index (χ3v) is 7.77. The summed E-state index contributed by atoms with van der Waals surface area (Å²) in [4.78, 5) is 0. The summed E-state index contributed by atoms with van der Waals surface area (Å²) in [6, 6.07) is 3.48. The van der Waals surface area contributed by atoms with Gasteiger partial charge in [-0.1, -0.05) is 19.9 Å². The fourth-order valence-electron chi connectivity index (χ4n) is 3.74. The van der Waals surface area contributed by atoms with Crippen LogP contribution in [0.1, 0.15) is 20.3 Å². The van der Waals surface area contributed by atoms with Gasteiger partial charge in [0.15, 0.2) is 0 Å². The van der Waals surface area contributed by atoms with E-state index in [0.29, 0.717) is 10.1 Å². The van der Waals surface area contributed by atoms with Gasteiger partial charge < -0.3 is 4.74 Å². The van der Waals surface area contributed by atoms with Crippen molar-refractivity contribution in [3.05, 3.63) is 17.5 Å². The molecule has 1 aromatic heterocycles. The quantitative estimate of drug-likeness (QED) is 0.859. The second-order valence-corrected chi connectivity index (χ2v) is 9.14. The molecule has 4 nitrogen and oxygen atoms in total. The van der Waals surface area contributed by atoms with E-state index >= 15 is 0 Å². The van der Waals surface area contributed by atoms with Crippen molar-refractivity contribution in [1.29, 1.82) is 0 Å². The molecule has 3 rings (SSSR count). The lowest BCUT2D eigenvalue weighted by Gasteiger charge is -2.57. The first-order chi connectivity index (χ1) is 8.87. The van der Waals surface area contributed by atoms with Crippen LogP contribution in [0.3, 0.4) is 0 Å². The summed E-state index contributed by atoms with van der Waals surface area (Å²) < 4.78 is 32.9. The maximum atomic E-state index is 12.6. The van der Waals surface area contributed by atoms with Crippen LogP contribution in [0.4, 0.5) is 0 Å². The fourth-order valence-corrected chi connectivity index (χ4v) is 6.45. The molecule has 6 heteroatoms. The van der Waals surface area contributed by atoms with Crippen LogP contribution in [0.25, 0.3) is 0 Å². The number of thiophene rings is 1. The third kappa shape index (κ3) is 1.81. The number of fused-ring (bicyclic) bond motifs is 1. The Morgan fingerprint density at radius 1 is 1.47 bits per heavy atom. The Bertz CT molecular complexity index is 565. The van der Waals surface area contributed by atoms with Gasteiger partial charge in [0.1, 0.15) is 4.21 Å². The van der Waals surface area contributed by atoms with E-state index in [4.69, 9.17) is 4.74 Å². The van der Waals surface area contributed by atoms with Crippen molar-refractivity contribution in [2.75, 3.05) is 13.7 Å². The molecule has 19 heavy (non-hydrogen) atoms. The van der Waals surface area contributed by atoms with Gasteiger partial charge in [0.2, 0.25) is 0 Å². The van der Waals surface area contributed by atoms with Crippen molar-refractivity contribution < 1.29 is 13.2 Å². The summed E-state index contributed by atoms with van der Waals surface area (Å²) in [5.74, 6) is 0.342. The van der Waals surface area contributed by atoms with Crippen LogP contribution in [-0.2, 0) is 14.8 Å². The summed E-state index contributed by atoms with van der Waals surface area (Å²) in [6.07, 6.45) is 1.17. The molecule has 0 spiro atoms. The van der Waals surface area contributed by atoms with Crippen molar-refractivity contribution in [3.63, 3.8) is 0 Å². The van der Waals surface area contributed by atoms with Crippen LogP contribution in [0.15, 0.2) is 21.7 Å². The monoisotopic (exact) mass is 301 g/mol. The van der Waals surface area contributed by atoms with Crippen molar-refractivity contribution in [1.82, 2.24) is 4.31 Å². The highest BCUT2D eigenvalue weighted by Gasteiger charge is 2.62. The number of hydrogen-bond donors (Lipinski definition) is 0. The molecule has 106 valence electrons. The summed E-state index contributed by atoms with van der Waals surface area (Å²) in [5, 5.41) is 1.80. The molecule has 0 N–H and O–H groups in total. The molecule has 1 aliphatic heterocycles. The van der Waals surface area contributed by atoms with Crippen molar-refractivity contribution in [3.8, 4) is 0 Å². The Labute approximate surface area is 118 Å². The zero-order chi connectivity index (χ0) is 13.8. The molecule has 2 fully saturated rings. The van der Waals surface area contributed by atoms with E-state index < -0.39 is 10.0 Å². The van der Waals surface area contributed by atoms with Gasteiger partial charge in [-0.05, 0) is 17.9 Å². The number of nitrogens with zero attached hydrogens (tertiary/aromatic N) is 1. The average Bonchev–Trinajstić information content (AvgIpc) is 2.98. The molecular formula is C13H19NO3S2. The fraction of sp³-hybridized carbons (Fsp3) is 0.692. The van der Waals surface area contributed by atoms with Gasteiger partial charge >= 0.3 is 0 Å². The Hall–Kier alpha value is -0.430. The Balaban J connectivity index is 1.91. The normalized spacial score (nSPS) is 33.2. The van der Waals surface area contributed by atoms with Gasteiger partial charge in [-0.15, -0.1) is 11.3 Å². The average molecular weight is 301 g/mol. The first-order valence-electron chi connectivity index (χ1n) is 6.50. The lowest BCUT2D eigenvalue weighted by atomic mass is 9.57. The highest BCUT2D eigenvalue weighted by atomic mass is 32.2. The molecule has 0 unspecified atom stereocenters. The minimum absolute atomic E-state index is 0.0344. The third-order valence-electron chi connectivity index (χ3n) is 4.56. The summed E-state index contributed by atoms with van der Waals surface area (Å²) in [6.45, 7) is 4.96. The number of sulfonamides is 1. The highest BCUT2D eigenvalue weighted by Crippen LogP contribution is 2.55. The molecule has 1 aliphatic carbocycles. The molecule has 1 saturated carbocycles. The van der Waals surface area contributed by atoms with Gasteiger partial charge in [-0.3, -0.25) is 0 Å². The molecular weight excluding hydrogens is 282 g/mol. The molecule has 0 amide bonds. The van der Waals surface area contributed by atoms with E-state index in [1.165, 1.54) is 11.3 Å². The molecule has 2 aliphatic rings. The van der Waals surface area contributed by atoms with Gasteiger partial charge in [0.05, 0.1) is 6.10 Å². The van der Waals surface area contributed by atoms with E-state index in [-0.39, 0.29) is 17.6 Å². The summed E-state index contributed by atoms with van der Waals surface area (Å²) >= 11 is 1.27. The summed E-state index contributed by atoms with van der Waals surface area (Å²) in [7, 11) is -1.66. The van der Waals surface area contributed by atoms with E-state index in [2.05, 4.69) is 13.8 Å².